The minimum atomic E-state index is -0.195. The van der Waals surface area contributed by atoms with Gasteiger partial charge in [0.25, 0.3) is 5.91 Å². The Morgan fingerprint density at radius 1 is 0.880 bits per heavy atom. The standard InChI is InChI=1S/C20H14ClN3O/c21-16-6-4-15(5-7-16)20(25)24-18-10-8-17(9-11-18)23-19-3-1-2-14(12-19)13-22/h1-12,23H,(H,24,25). The molecule has 0 aliphatic rings. The van der Waals surface area contributed by atoms with Gasteiger partial charge < -0.3 is 10.6 Å². The van der Waals surface area contributed by atoms with Gasteiger partial charge in [0.05, 0.1) is 11.6 Å². The topological polar surface area (TPSA) is 64.9 Å². The third-order valence-corrected chi connectivity index (χ3v) is 3.78. The number of anilines is 3. The third-order valence-electron chi connectivity index (χ3n) is 3.53. The Bertz CT molecular complexity index is 928. The smallest absolute Gasteiger partial charge is 0.255 e. The summed E-state index contributed by atoms with van der Waals surface area (Å²) >= 11 is 5.82. The first-order valence-electron chi connectivity index (χ1n) is 7.58. The van der Waals surface area contributed by atoms with E-state index in [1.807, 2.05) is 36.4 Å². The van der Waals surface area contributed by atoms with Crippen molar-refractivity contribution in [3.63, 3.8) is 0 Å². The molecule has 2 N–H and O–H groups in total. The molecule has 3 aromatic carbocycles. The van der Waals surface area contributed by atoms with Crippen LogP contribution in [0.25, 0.3) is 0 Å². The van der Waals surface area contributed by atoms with E-state index >= 15 is 0 Å². The van der Waals surface area contributed by atoms with Crippen LogP contribution < -0.4 is 10.6 Å². The number of hydrogen-bond acceptors (Lipinski definition) is 3. The van der Waals surface area contributed by atoms with Crippen LogP contribution in [0, 0.1) is 11.3 Å². The van der Waals surface area contributed by atoms with Crippen LogP contribution in [0.3, 0.4) is 0 Å². The van der Waals surface area contributed by atoms with E-state index in [9.17, 15) is 4.79 Å². The molecule has 0 saturated carbocycles. The van der Waals surface area contributed by atoms with Crippen LogP contribution in [-0.4, -0.2) is 5.91 Å². The van der Waals surface area contributed by atoms with Crippen LogP contribution >= 0.6 is 11.6 Å². The van der Waals surface area contributed by atoms with Crippen LogP contribution in [0.5, 0.6) is 0 Å². The molecule has 0 atom stereocenters. The summed E-state index contributed by atoms with van der Waals surface area (Å²) in [5, 5.41) is 15.6. The molecule has 0 aliphatic heterocycles. The Labute approximate surface area is 150 Å². The van der Waals surface area contributed by atoms with E-state index in [-0.39, 0.29) is 5.91 Å². The first kappa shape index (κ1) is 16.6. The molecule has 0 heterocycles. The van der Waals surface area contributed by atoms with Gasteiger partial charge in [-0.2, -0.15) is 5.26 Å². The van der Waals surface area contributed by atoms with Crippen LogP contribution in [0.2, 0.25) is 5.02 Å². The minimum absolute atomic E-state index is 0.195. The highest BCUT2D eigenvalue weighted by molar-refractivity contribution is 6.30. The van der Waals surface area contributed by atoms with Crippen LogP contribution in [0.1, 0.15) is 15.9 Å². The molecule has 0 aliphatic carbocycles. The van der Waals surface area contributed by atoms with E-state index in [1.165, 1.54) is 0 Å². The Kier molecular flexibility index (Phi) is 4.98. The molecule has 3 aromatic rings. The van der Waals surface area contributed by atoms with Crippen molar-refractivity contribution in [2.45, 2.75) is 0 Å². The summed E-state index contributed by atoms with van der Waals surface area (Å²) in [7, 11) is 0. The summed E-state index contributed by atoms with van der Waals surface area (Å²) in [4.78, 5) is 12.2. The molecule has 0 saturated heterocycles. The van der Waals surface area contributed by atoms with E-state index < -0.39 is 0 Å². The number of rotatable bonds is 4. The summed E-state index contributed by atoms with van der Waals surface area (Å²) in [6.07, 6.45) is 0. The summed E-state index contributed by atoms with van der Waals surface area (Å²) in [5.74, 6) is -0.195. The Morgan fingerprint density at radius 3 is 2.24 bits per heavy atom. The molecule has 5 heteroatoms. The second kappa shape index (κ2) is 7.52. The average molecular weight is 348 g/mol. The zero-order valence-electron chi connectivity index (χ0n) is 13.2. The fourth-order valence-electron chi connectivity index (χ4n) is 2.27. The Balaban J connectivity index is 1.66. The van der Waals surface area contributed by atoms with E-state index in [0.29, 0.717) is 21.8 Å². The molecule has 122 valence electrons. The second-order valence-electron chi connectivity index (χ2n) is 5.36. The van der Waals surface area contributed by atoms with Crippen molar-refractivity contribution in [3.05, 3.63) is 88.9 Å². The van der Waals surface area contributed by atoms with Gasteiger partial charge in [-0.25, -0.2) is 0 Å². The zero-order valence-corrected chi connectivity index (χ0v) is 13.9. The first-order chi connectivity index (χ1) is 12.1. The maximum Gasteiger partial charge on any atom is 0.255 e. The number of benzene rings is 3. The van der Waals surface area contributed by atoms with Gasteiger partial charge in [-0.05, 0) is 66.7 Å². The SMILES string of the molecule is N#Cc1cccc(Nc2ccc(NC(=O)c3ccc(Cl)cc3)cc2)c1. The summed E-state index contributed by atoms with van der Waals surface area (Å²) in [5.41, 5.74) is 3.52. The van der Waals surface area contributed by atoms with Crippen molar-refractivity contribution in [1.29, 1.82) is 5.26 Å². The predicted molar refractivity (Wildman–Crippen MR) is 100 cm³/mol. The lowest BCUT2D eigenvalue weighted by molar-refractivity contribution is 0.102. The average Bonchev–Trinajstić information content (AvgIpc) is 2.64. The van der Waals surface area contributed by atoms with Gasteiger partial charge >= 0.3 is 0 Å². The van der Waals surface area contributed by atoms with Crippen LogP contribution in [0.4, 0.5) is 17.1 Å². The minimum Gasteiger partial charge on any atom is -0.355 e. The molecular formula is C20H14ClN3O. The monoisotopic (exact) mass is 347 g/mol. The van der Waals surface area contributed by atoms with Gasteiger partial charge in [0.1, 0.15) is 0 Å². The molecule has 0 spiro atoms. The molecule has 0 aromatic heterocycles. The highest BCUT2D eigenvalue weighted by atomic mass is 35.5. The van der Waals surface area contributed by atoms with E-state index in [0.717, 1.165) is 11.4 Å². The van der Waals surface area contributed by atoms with E-state index in [2.05, 4.69) is 16.7 Å². The van der Waals surface area contributed by atoms with Gasteiger partial charge in [0.15, 0.2) is 0 Å². The Morgan fingerprint density at radius 2 is 1.56 bits per heavy atom. The maximum absolute atomic E-state index is 12.2. The lowest BCUT2D eigenvalue weighted by atomic mass is 10.2. The van der Waals surface area contributed by atoms with Gasteiger partial charge in [-0.15, -0.1) is 0 Å². The molecule has 3 rings (SSSR count). The summed E-state index contributed by atoms with van der Waals surface area (Å²) in [6, 6.07) is 23.4. The molecule has 0 unspecified atom stereocenters. The van der Waals surface area contributed by atoms with Crippen LogP contribution in [0.15, 0.2) is 72.8 Å². The fraction of sp³-hybridized carbons (Fsp3) is 0. The molecule has 0 bridgehead atoms. The van der Waals surface area contributed by atoms with Crippen molar-refractivity contribution in [2.24, 2.45) is 0 Å². The van der Waals surface area contributed by atoms with E-state index in [1.54, 1.807) is 36.4 Å². The number of nitrogens with zero attached hydrogens (tertiary/aromatic N) is 1. The number of carbonyl (C=O) groups is 1. The largest absolute Gasteiger partial charge is 0.355 e. The van der Waals surface area contributed by atoms with Crippen LogP contribution in [-0.2, 0) is 0 Å². The quantitative estimate of drug-likeness (QED) is 0.681. The lowest BCUT2D eigenvalue weighted by Gasteiger charge is -2.09. The number of carbonyl (C=O) groups excluding carboxylic acids is 1. The van der Waals surface area contributed by atoms with Crippen molar-refractivity contribution >= 4 is 34.6 Å². The summed E-state index contributed by atoms with van der Waals surface area (Å²) < 4.78 is 0. The second-order valence-corrected chi connectivity index (χ2v) is 5.79. The highest BCUT2D eigenvalue weighted by Gasteiger charge is 2.06. The van der Waals surface area contributed by atoms with Crippen molar-refractivity contribution in [2.75, 3.05) is 10.6 Å². The number of halogens is 1. The molecule has 1 amide bonds. The maximum atomic E-state index is 12.2. The molecule has 25 heavy (non-hydrogen) atoms. The van der Waals surface area contributed by atoms with Crippen molar-refractivity contribution in [1.82, 2.24) is 0 Å². The predicted octanol–water partition coefficient (Wildman–Crippen LogP) is 5.21. The van der Waals surface area contributed by atoms with Gasteiger partial charge in [0, 0.05) is 27.6 Å². The molecule has 4 nitrogen and oxygen atoms in total. The molecule has 0 fully saturated rings. The number of nitriles is 1. The van der Waals surface area contributed by atoms with Gasteiger partial charge in [0.2, 0.25) is 0 Å². The van der Waals surface area contributed by atoms with Crippen molar-refractivity contribution in [3.8, 4) is 6.07 Å². The number of amides is 1. The van der Waals surface area contributed by atoms with Gasteiger partial charge in [-0.1, -0.05) is 17.7 Å². The normalized spacial score (nSPS) is 9.92. The number of hydrogen-bond donors (Lipinski definition) is 2. The molecular weight excluding hydrogens is 334 g/mol. The van der Waals surface area contributed by atoms with Crippen molar-refractivity contribution < 1.29 is 4.79 Å². The highest BCUT2D eigenvalue weighted by Crippen LogP contribution is 2.20. The Hall–Kier alpha value is -3.29. The fourth-order valence-corrected chi connectivity index (χ4v) is 2.40. The lowest BCUT2D eigenvalue weighted by Crippen LogP contribution is -2.11. The zero-order chi connectivity index (χ0) is 17.6. The molecule has 0 radical (unpaired) electrons. The third kappa shape index (κ3) is 4.37. The van der Waals surface area contributed by atoms with E-state index in [4.69, 9.17) is 16.9 Å². The van der Waals surface area contributed by atoms with Gasteiger partial charge in [-0.3, -0.25) is 4.79 Å². The number of nitrogens with one attached hydrogen (secondary N) is 2. The first-order valence-corrected chi connectivity index (χ1v) is 7.96. The summed E-state index contributed by atoms with van der Waals surface area (Å²) in [6.45, 7) is 0.